The number of nitrogens with one attached hydrogen (secondary N) is 2. The molecule has 2 N–H and O–H groups in total. The number of carbonyl (C=O) groups is 1. The third-order valence-electron chi connectivity index (χ3n) is 4.98. The van der Waals surface area contributed by atoms with Crippen molar-refractivity contribution >= 4 is 47.2 Å². The van der Waals surface area contributed by atoms with Gasteiger partial charge in [-0.15, -0.1) is 0 Å². The highest BCUT2D eigenvalue weighted by Crippen LogP contribution is 2.32. The molecule has 1 aliphatic heterocycles. The maximum Gasteiger partial charge on any atom is 0.416 e. The largest absolute Gasteiger partial charge is 0.416 e. The van der Waals surface area contributed by atoms with Crippen LogP contribution in [0.5, 0.6) is 0 Å². The third-order valence-corrected chi connectivity index (χ3v) is 5.80. The van der Waals surface area contributed by atoms with Gasteiger partial charge >= 0.3 is 6.18 Å². The lowest BCUT2D eigenvalue weighted by molar-refractivity contribution is -0.137. The average Bonchev–Trinajstić information content (AvgIpc) is 3.14. The molecular formula is C23H18ClF3N4OS. The molecule has 0 fully saturated rings. The predicted molar refractivity (Wildman–Crippen MR) is 127 cm³/mol. The van der Waals surface area contributed by atoms with E-state index in [4.69, 9.17) is 11.6 Å². The number of hydrogen-bond acceptors (Lipinski definition) is 5. The summed E-state index contributed by atoms with van der Waals surface area (Å²) in [5.41, 5.74) is 6.58. The molecule has 0 aromatic heterocycles. The minimum absolute atomic E-state index is 0.150. The number of amides is 1. The maximum absolute atomic E-state index is 13.2. The number of nitrogens with zero attached hydrogens (tertiary/aromatic N) is 2. The second-order valence-electron chi connectivity index (χ2n) is 7.25. The molecule has 0 saturated carbocycles. The Balaban J connectivity index is 1.62. The smallest absolute Gasteiger partial charge is 0.320 e. The number of benzene rings is 3. The van der Waals surface area contributed by atoms with Crippen LogP contribution in [0.3, 0.4) is 0 Å². The topological polar surface area (TPSA) is 56.7 Å². The third kappa shape index (κ3) is 5.16. The van der Waals surface area contributed by atoms with Crippen molar-refractivity contribution in [1.82, 2.24) is 5.43 Å². The minimum atomic E-state index is -4.48. The van der Waals surface area contributed by atoms with Crippen LogP contribution in [0.1, 0.15) is 16.4 Å². The van der Waals surface area contributed by atoms with Crippen LogP contribution in [0, 0.1) is 0 Å². The van der Waals surface area contributed by atoms with E-state index < -0.39 is 28.9 Å². The quantitative estimate of drug-likeness (QED) is 0.306. The van der Waals surface area contributed by atoms with Crippen molar-refractivity contribution in [3.05, 3.63) is 95.0 Å². The molecule has 3 aromatic rings. The van der Waals surface area contributed by atoms with E-state index in [1.165, 1.54) is 17.1 Å². The average molecular weight is 491 g/mol. The number of alkyl halides is 3. The van der Waals surface area contributed by atoms with Crippen molar-refractivity contribution < 1.29 is 18.0 Å². The van der Waals surface area contributed by atoms with E-state index in [0.717, 1.165) is 17.7 Å². The molecule has 3 aromatic carbocycles. The Morgan fingerprint density at radius 2 is 1.70 bits per heavy atom. The fraction of sp³-hybridized carbons (Fsp3) is 0.130. The van der Waals surface area contributed by atoms with Gasteiger partial charge in [0, 0.05) is 10.7 Å². The Kier molecular flexibility index (Phi) is 6.64. The molecule has 4 rings (SSSR count). The van der Waals surface area contributed by atoms with E-state index in [1.807, 2.05) is 6.07 Å². The maximum atomic E-state index is 13.2. The van der Waals surface area contributed by atoms with E-state index >= 15 is 0 Å². The number of rotatable bonds is 6. The Morgan fingerprint density at radius 1 is 1.00 bits per heavy atom. The van der Waals surface area contributed by atoms with Gasteiger partial charge in [0.15, 0.2) is 0 Å². The van der Waals surface area contributed by atoms with Gasteiger partial charge in [0.2, 0.25) is 0 Å². The van der Waals surface area contributed by atoms with Crippen LogP contribution in [0.15, 0.2) is 84.0 Å². The lowest BCUT2D eigenvalue weighted by Crippen LogP contribution is -2.47. The van der Waals surface area contributed by atoms with Gasteiger partial charge in [-0.2, -0.15) is 35.9 Å². The molecule has 0 bridgehead atoms. The fourth-order valence-electron chi connectivity index (χ4n) is 3.32. The summed E-state index contributed by atoms with van der Waals surface area (Å²) in [6, 6.07) is 19.5. The number of hydrazone groups is 1. The minimum Gasteiger partial charge on any atom is -0.320 e. The summed E-state index contributed by atoms with van der Waals surface area (Å²) >= 11 is 10.6. The normalized spacial score (nSPS) is 17.1. The molecule has 0 spiro atoms. The SMILES string of the molecule is O=C1C(NNc2cccc(C(F)(F)F)c2)C(C(S)c2ccc(Cl)cc2)=NN1c1ccccc1. The lowest BCUT2D eigenvalue weighted by atomic mass is 10.0. The number of halogens is 4. The summed E-state index contributed by atoms with van der Waals surface area (Å²) in [5, 5.41) is 5.73. The summed E-state index contributed by atoms with van der Waals surface area (Å²) in [5.74, 6) is -0.399. The zero-order valence-corrected chi connectivity index (χ0v) is 18.6. The van der Waals surface area contributed by atoms with Gasteiger partial charge in [-0.25, -0.2) is 5.43 Å². The zero-order valence-electron chi connectivity index (χ0n) is 16.9. The number of anilines is 2. The molecule has 1 heterocycles. The first-order valence-electron chi connectivity index (χ1n) is 9.84. The van der Waals surface area contributed by atoms with Gasteiger partial charge < -0.3 is 5.43 Å². The van der Waals surface area contributed by atoms with E-state index in [9.17, 15) is 18.0 Å². The molecule has 5 nitrogen and oxygen atoms in total. The fourth-order valence-corrected chi connectivity index (χ4v) is 3.82. The lowest BCUT2D eigenvalue weighted by Gasteiger charge is -2.20. The van der Waals surface area contributed by atoms with Gasteiger partial charge in [0.1, 0.15) is 6.04 Å². The first-order chi connectivity index (χ1) is 15.7. The molecule has 10 heteroatoms. The number of hydrogen-bond donors (Lipinski definition) is 3. The van der Waals surface area contributed by atoms with Crippen molar-refractivity contribution in [1.29, 1.82) is 0 Å². The second-order valence-corrected chi connectivity index (χ2v) is 8.20. The van der Waals surface area contributed by atoms with Crippen LogP contribution in [0.4, 0.5) is 24.5 Å². The Bertz CT molecular complexity index is 1170. The molecule has 2 unspecified atom stereocenters. The first-order valence-corrected chi connectivity index (χ1v) is 10.7. The molecule has 2 atom stereocenters. The highest BCUT2D eigenvalue weighted by Gasteiger charge is 2.40. The number of thiol groups is 1. The van der Waals surface area contributed by atoms with Gasteiger partial charge in [-0.1, -0.05) is 48.0 Å². The van der Waals surface area contributed by atoms with Crippen LogP contribution in [0.25, 0.3) is 0 Å². The van der Waals surface area contributed by atoms with Crippen molar-refractivity contribution in [2.24, 2.45) is 5.10 Å². The summed E-state index contributed by atoms with van der Waals surface area (Å²) in [4.78, 5) is 13.2. The van der Waals surface area contributed by atoms with E-state index in [2.05, 4.69) is 28.6 Å². The van der Waals surface area contributed by atoms with Crippen LogP contribution in [-0.2, 0) is 11.0 Å². The van der Waals surface area contributed by atoms with Crippen LogP contribution in [0.2, 0.25) is 5.02 Å². The number of para-hydroxylation sites is 1. The zero-order chi connectivity index (χ0) is 23.6. The van der Waals surface area contributed by atoms with Gasteiger partial charge in [-0.3, -0.25) is 4.79 Å². The van der Waals surface area contributed by atoms with Crippen molar-refractivity contribution in [3.8, 4) is 0 Å². The standard InChI is InChI=1S/C23H18ClF3N4OS/c24-16-11-9-14(10-12-16)21(33)19-20(22(32)31(30-19)18-7-2-1-3-8-18)29-28-17-6-4-5-15(13-17)23(25,26)27/h1-13,20-21,28-29,33H. The highest BCUT2D eigenvalue weighted by atomic mass is 35.5. The summed E-state index contributed by atoms with van der Waals surface area (Å²) in [6.07, 6.45) is -4.48. The van der Waals surface area contributed by atoms with Gasteiger partial charge in [-0.05, 0) is 48.0 Å². The molecule has 33 heavy (non-hydrogen) atoms. The predicted octanol–water partition coefficient (Wildman–Crippen LogP) is 5.72. The van der Waals surface area contributed by atoms with E-state index in [-0.39, 0.29) is 5.69 Å². The van der Waals surface area contributed by atoms with E-state index in [1.54, 1.807) is 48.5 Å². The number of hydrazine groups is 1. The van der Waals surface area contributed by atoms with Crippen LogP contribution >= 0.6 is 24.2 Å². The molecule has 170 valence electrons. The molecule has 0 aliphatic carbocycles. The molecular weight excluding hydrogens is 473 g/mol. The Morgan fingerprint density at radius 3 is 2.36 bits per heavy atom. The van der Waals surface area contributed by atoms with Crippen LogP contribution < -0.4 is 15.9 Å². The number of carbonyl (C=O) groups excluding carboxylic acids is 1. The van der Waals surface area contributed by atoms with Crippen LogP contribution in [-0.4, -0.2) is 17.7 Å². The molecule has 0 saturated heterocycles. The van der Waals surface area contributed by atoms with Crippen molar-refractivity contribution in [2.75, 3.05) is 10.4 Å². The monoisotopic (exact) mass is 490 g/mol. The summed E-state index contributed by atoms with van der Waals surface area (Å²) in [7, 11) is 0. The first kappa shape index (κ1) is 23.2. The van der Waals surface area contributed by atoms with Crippen molar-refractivity contribution in [2.45, 2.75) is 17.5 Å². The van der Waals surface area contributed by atoms with Crippen molar-refractivity contribution in [3.63, 3.8) is 0 Å². The highest BCUT2D eigenvalue weighted by molar-refractivity contribution is 7.81. The molecule has 0 radical (unpaired) electrons. The van der Waals surface area contributed by atoms with E-state index in [0.29, 0.717) is 16.4 Å². The van der Waals surface area contributed by atoms with Gasteiger partial charge in [0.25, 0.3) is 5.91 Å². The summed E-state index contributed by atoms with van der Waals surface area (Å²) < 4.78 is 39.1. The summed E-state index contributed by atoms with van der Waals surface area (Å²) in [6.45, 7) is 0. The van der Waals surface area contributed by atoms with Gasteiger partial charge in [0.05, 0.1) is 22.2 Å². The molecule has 1 amide bonds. The second kappa shape index (κ2) is 9.46. The molecule has 1 aliphatic rings. The Hall–Kier alpha value is -3.01. The Labute approximate surface area is 198 Å².